The number of carbonyl (C=O) groups excluding carboxylic acids is 3. The number of alkyl carbamates (subject to hydrolysis) is 1. The second-order valence-corrected chi connectivity index (χ2v) is 9.28. The zero-order valence-electron chi connectivity index (χ0n) is 22.6. The molecule has 0 unspecified atom stereocenters. The fourth-order valence-corrected chi connectivity index (χ4v) is 4.47. The van der Waals surface area contributed by atoms with E-state index >= 15 is 0 Å². The van der Waals surface area contributed by atoms with Gasteiger partial charge in [0.05, 0.1) is 0 Å². The van der Waals surface area contributed by atoms with E-state index in [1.54, 1.807) is 0 Å². The van der Waals surface area contributed by atoms with Gasteiger partial charge in [-0.1, -0.05) is 60.7 Å². The summed E-state index contributed by atoms with van der Waals surface area (Å²) in [6, 6.07) is 16.7. The first-order valence-electron chi connectivity index (χ1n) is 12.8. The Morgan fingerprint density at radius 3 is 2.33 bits per heavy atom. The fraction of sp³-hybridized carbons (Fsp3) is 0.444. The average Bonchev–Trinajstić information content (AvgIpc) is 3.42. The van der Waals surface area contributed by atoms with Gasteiger partial charge in [-0.05, 0) is 36.8 Å². The van der Waals surface area contributed by atoms with Crippen LogP contribution in [0.3, 0.4) is 0 Å². The number of nitrogens with one attached hydrogen (secondary N) is 2. The first-order valence-corrected chi connectivity index (χ1v) is 12.8. The minimum Gasteiger partial charge on any atom is -0.855 e. The molecule has 3 N–H and O–H groups in total. The quantitative estimate of drug-likeness (QED) is 0.191. The molecule has 3 rings (SSSR count). The van der Waals surface area contributed by atoms with Crippen molar-refractivity contribution in [3.8, 4) is 0 Å². The van der Waals surface area contributed by atoms with Crippen LogP contribution in [0.1, 0.15) is 36.8 Å². The molecule has 1 aliphatic heterocycles. The second-order valence-electron chi connectivity index (χ2n) is 9.28. The Morgan fingerprint density at radius 1 is 1.08 bits per heavy atom. The Morgan fingerprint density at radius 2 is 1.72 bits per heavy atom. The van der Waals surface area contributed by atoms with Crippen LogP contribution in [-0.4, -0.2) is 73.2 Å². The summed E-state index contributed by atoms with van der Waals surface area (Å²) < 4.78 is 10.3. The van der Waals surface area contributed by atoms with Gasteiger partial charge >= 0.3 is 35.7 Å². The number of amides is 3. The van der Waals surface area contributed by atoms with Crippen molar-refractivity contribution in [1.82, 2.24) is 15.5 Å². The molecule has 0 radical (unpaired) electrons. The summed E-state index contributed by atoms with van der Waals surface area (Å²) in [6.45, 7) is 0.771. The minimum atomic E-state index is -1.99. The maximum Gasteiger partial charge on any atom is 1.00 e. The molecule has 0 saturated carbocycles. The van der Waals surface area contributed by atoms with Gasteiger partial charge < -0.3 is 35.1 Å². The normalized spacial score (nSPS) is 16.0. The van der Waals surface area contributed by atoms with Crippen molar-refractivity contribution in [2.24, 2.45) is 0 Å². The molecule has 1 fully saturated rings. The molecule has 2 aromatic carbocycles. The molecular weight excluding hydrogens is 512 g/mol. The van der Waals surface area contributed by atoms with Crippen molar-refractivity contribution in [3.63, 3.8) is 0 Å². The Hall–Kier alpha value is -2.41. The number of likely N-dealkylation sites (tertiary alicyclic amines) is 1. The molecule has 0 aliphatic carbocycles. The van der Waals surface area contributed by atoms with Gasteiger partial charge in [-0.25, -0.2) is 4.79 Å². The third kappa shape index (κ3) is 10.6. The number of methoxy groups -OCH3 is 1. The number of benzene rings is 2. The van der Waals surface area contributed by atoms with Gasteiger partial charge in [0, 0.05) is 32.6 Å². The molecular formula is C27H35BN3NaO7. The van der Waals surface area contributed by atoms with Crippen molar-refractivity contribution in [3.05, 3.63) is 71.8 Å². The summed E-state index contributed by atoms with van der Waals surface area (Å²) >= 11 is 0. The molecule has 3 atom stereocenters. The predicted octanol–water partition coefficient (Wildman–Crippen LogP) is -2.19. The Balaban J connectivity index is 0.00000533. The summed E-state index contributed by atoms with van der Waals surface area (Å²) in [5.41, 5.74) is 1.65. The predicted molar refractivity (Wildman–Crippen MR) is 139 cm³/mol. The molecule has 3 amide bonds. The third-order valence-corrected chi connectivity index (χ3v) is 6.46. The van der Waals surface area contributed by atoms with Gasteiger partial charge in [-0.2, -0.15) is 0 Å². The van der Waals surface area contributed by atoms with E-state index in [-0.39, 0.29) is 49.0 Å². The van der Waals surface area contributed by atoms with E-state index in [0.29, 0.717) is 32.4 Å². The van der Waals surface area contributed by atoms with E-state index in [0.717, 1.165) is 11.1 Å². The summed E-state index contributed by atoms with van der Waals surface area (Å²) in [4.78, 5) is 40.8. The van der Waals surface area contributed by atoms with Crippen molar-refractivity contribution in [2.75, 3.05) is 20.3 Å². The van der Waals surface area contributed by atoms with E-state index in [2.05, 4.69) is 10.6 Å². The summed E-state index contributed by atoms with van der Waals surface area (Å²) in [7, 11) is -0.464. The zero-order chi connectivity index (χ0) is 27.3. The van der Waals surface area contributed by atoms with Crippen molar-refractivity contribution in [1.29, 1.82) is 0 Å². The molecule has 2 aromatic rings. The van der Waals surface area contributed by atoms with Crippen LogP contribution in [0.4, 0.5) is 4.79 Å². The number of rotatable bonds is 13. The SMILES string of the molecule is COCCC[C@H](NC(=O)[C@@H]1CCCN1C(=O)[C@@H](Cc1ccccc1)NC(=O)OCc1ccccc1)B([O-])O.[Na+]. The van der Waals surface area contributed by atoms with Crippen LogP contribution in [0, 0.1) is 0 Å². The van der Waals surface area contributed by atoms with Crippen LogP contribution in [0.25, 0.3) is 0 Å². The van der Waals surface area contributed by atoms with Gasteiger partial charge in [0.1, 0.15) is 18.7 Å². The van der Waals surface area contributed by atoms with E-state index < -0.39 is 43.1 Å². The molecule has 1 heterocycles. The second kappa shape index (κ2) is 17.3. The van der Waals surface area contributed by atoms with Gasteiger partial charge in [0.15, 0.2) is 0 Å². The topological polar surface area (TPSA) is 140 Å². The molecule has 1 aliphatic rings. The van der Waals surface area contributed by atoms with Crippen LogP contribution < -0.4 is 45.2 Å². The molecule has 0 bridgehead atoms. The van der Waals surface area contributed by atoms with Gasteiger partial charge in [0.2, 0.25) is 18.9 Å². The first-order chi connectivity index (χ1) is 18.4. The van der Waals surface area contributed by atoms with E-state index in [1.807, 2.05) is 60.7 Å². The molecule has 0 aromatic heterocycles. The van der Waals surface area contributed by atoms with Gasteiger partial charge in [0.25, 0.3) is 0 Å². The van der Waals surface area contributed by atoms with E-state index in [1.165, 1.54) is 12.0 Å². The molecule has 12 heteroatoms. The number of hydrogen-bond acceptors (Lipinski definition) is 7. The Labute approximate surface area is 251 Å². The summed E-state index contributed by atoms with van der Waals surface area (Å²) in [5, 5.41) is 26.6. The minimum absolute atomic E-state index is 0. The summed E-state index contributed by atoms with van der Waals surface area (Å²) in [5.74, 6) is -1.92. The fourth-order valence-electron chi connectivity index (χ4n) is 4.47. The number of nitrogens with zero attached hydrogens (tertiary/aromatic N) is 1. The Kier molecular flexibility index (Phi) is 14.6. The number of ether oxygens (including phenoxy) is 2. The average molecular weight is 547 g/mol. The maximum absolute atomic E-state index is 13.7. The number of carbonyl (C=O) groups is 3. The molecule has 204 valence electrons. The smallest absolute Gasteiger partial charge is 0.855 e. The van der Waals surface area contributed by atoms with Gasteiger partial charge in [-0.3, -0.25) is 9.59 Å². The van der Waals surface area contributed by atoms with E-state index in [4.69, 9.17) is 9.47 Å². The standard InChI is InChI=1S/C27H35BN3O7.Na/c1-37-17-9-15-24(28(35)36)30-25(32)23-14-8-16-31(23)26(33)22(18-20-10-4-2-5-11-20)29-27(34)38-19-21-12-6-3-7-13-21;/h2-7,10-13,22-24,35H,8-9,14-19H2,1H3,(H,29,34)(H,30,32);/q-1;+1/t22-,23+,24+;/m1./s1. The molecule has 0 spiro atoms. The van der Waals surface area contributed by atoms with Crippen LogP contribution in [0.5, 0.6) is 0 Å². The van der Waals surface area contributed by atoms with Crippen molar-refractivity contribution < 1.29 is 63.5 Å². The molecule has 10 nitrogen and oxygen atoms in total. The molecule has 1 saturated heterocycles. The summed E-state index contributed by atoms with van der Waals surface area (Å²) in [6.07, 6.45) is 1.21. The van der Waals surface area contributed by atoms with Gasteiger partial charge in [-0.15, -0.1) is 0 Å². The maximum atomic E-state index is 13.7. The van der Waals surface area contributed by atoms with Crippen LogP contribution >= 0.6 is 0 Å². The Bertz CT molecular complexity index is 1030. The van der Waals surface area contributed by atoms with Crippen molar-refractivity contribution in [2.45, 2.75) is 56.7 Å². The number of hydrogen-bond donors (Lipinski definition) is 3. The largest absolute Gasteiger partial charge is 1.00 e. The zero-order valence-corrected chi connectivity index (χ0v) is 24.6. The third-order valence-electron chi connectivity index (χ3n) is 6.46. The monoisotopic (exact) mass is 547 g/mol. The van der Waals surface area contributed by atoms with Crippen LogP contribution in [0.2, 0.25) is 0 Å². The van der Waals surface area contributed by atoms with Crippen molar-refractivity contribution >= 4 is 25.0 Å². The molecule has 39 heavy (non-hydrogen) atoms. The van der Waals surface area contributed by atoms with Crippen LogP contribution in [0.15, 0.2) is 60.7 Å². The van der Waals surface area contributed by atoms with E-state index in [9.17, 15) is 24.4 Å². The first kappa shape index (κ1) is 32.8. The van der Waals surface area contributed by atoms with Crippen LogP contribution in [-0.2, 0) is 32.1 Å².